The average molecular weight is 569 g/mol. The summed E-state index contributed by atoms with van der Waals surface area (Å²) >= 11 is 0. The minimum atomic E-state index is -3.09. The number of para-hydroxylation sites is 3. The zero-order valence-electron chi connectivity index (χ0n) is 40.3. The summed E-state index contributed by atoms with van der Waals surface area (Å²) in [6.07, 6.45) is -2.88. The molecule has 0 saturated heterocycles. The molecule has 0 aliphatic heterocycles. The zero-order chi connectivity index (χ0) is 44.4. The predicted octanol–water partition coefficient (Wildman–Crippen LogP) is 10.9. The van der Waals surface area contributed by atoms with Gasteiger partial charge in [-0.25, -0.2) is 4.98 Å². The van der Waals surface area contributed by atoms with E-state index >= 15 is 0 Å². The standard InChI is InChI=1S/C41H30N2/c1-2-39-42-36-21-11-13-23-38(36)43(39)37-22-12-10-16-31(37)28-24-26-30(27-25-28)41-34-19-8-6-17-32(34)40(29-14-4-3-5-15-29)33-18-7-9-20-35(33)41/h3-27H,2H2,1H3/i1D3,2D2,3D,4D,5D,6D,7D,8D,9D,14D,15D,17D,18D,19D,20D. The molecule has 0 N–H and O–H groups in total. The highest BCUT2D eigenvalue weighted by Crippen LogP contribution is 2.44. The number of fused-ring (bicyclic) bond motifs is 3. The second-order valence-corrected chi connectivity index (χ2v) is 9.73. The van der Waals surface area contributed by atoms with Gasteiger partial charge in [0.25, 0.3) is 0 Å². The van der Waals surface area contributed by atoms with E-state index in [1.165, 1.54) is 4.57 Å². The Hall–Kier alpha value is -5.47. The largest absolute Gasteiger partial charge is 0.296 e. The molecule has 0 saturated carbocycles. The van der Waals surface area contributed by atoms with Crippen molar-refractivity contribution >= 4 is 32.6 Å². The molecule has 204 valence electrons. The Morgan fingerprint density at radius 3 is 1.84 bits per heavy atom. The summed E-state index contributed by atoms with van der Waals surface area (Å²) in [5, 5.41) is -1.09. The number of hydrogen-bond donors (Lipinski definition) is 0. The van der Waals surface area contributed by atoms with Crippen LogP contribution in [0.2, 0.25) is 0 Å². The summed E-state index contributed by atoms with van der Waals surface area (Å²) in [5.74, 6) is -0.349. The van der Waals surface area contributed by atoms with Crippen molar-refractivity contribution in [2.45, 2.75) is 13.2 Å². The molecular weight excluding hydrogens is 520 g/mol. The molecule has 2 nitrogen and oxygen atoms in total. The second-order valence-electron chi connectivity index (χ2n) is 9.73. The quantitative estimate of drug-likeness (QED) is 0.189. The number of aromatic nitrogens is 2. The Labute approximate surface area is 276 Å². The molecule has 0 spiro atoms. The van der Waals surface area contributed by atoms with E-state index in [1.54, 1.807) is 72.8 Å². The highest BCUT2D eigenvalue weighted by Gasteiger charge is 2.18. The van der Waals surface area contributed by atoms with E-state index in [9.17, 15) is 2.74 Å². The van der Waals surface area contributed by atoms with Crippen LogP contribution in [-0.4, -0.2) is 9.55 Å². The highest BCUT2D eigenvalue weighted by atomic mass is 15.1. The number of hydrogen-bond acceptors (Lipinski definition) is 1. The number of benzene rings is 7. The van der Waals surface area contributed by atoms with Crippen molar-refractivity contribution < 1.29 is 24.7 Å². The second kappa shape index (κ2) is 10.4. The van der Waals surface area contributed by atoms with Gasteiger partial charge in [0.2, 0.25) is 0 Å². The molecular formula is C41H30N2. The molecule has 0 atom stereocenters. The third kappa shape index (κ3) is 4.14. The fraction of sp³-hybridized carbons (Fsp3) is 0.0488. The SMILES string of the molecule is [2H]c1c([2H])c([2H])c(-c2c3c([2H])c([2H])c([2H])c([2H])c3c(-c3ccc(-c4ccccc4-n4c(C([2H])([2H])C([2H])([2H])[2H])nc5ccccc54)cc3)c3c([2H])c([2H])c([2H])c([2H])c23)c([2H])c1[2H]. The molecule has 0 bridgehead atoms. The van der Waals surface area contributed by atoms with Gasteiger partial charge in [-0.05, 0) is 67.6 Å². The lowest BCUT2D eigenvalue weighted by Crippen LogP contribution is -2.02. The zero-order valence-corrected chi connectivity index (χ0v) is 22.3. The molecule has 8 aromatic rings. The monoisotopic (exact) mass is 568 g/mol. The fourth-order valence-corrected chi connectivity index (χ4v) is 5.62. The van der Waals surface area contributed by atoms with Crippen molar-refractivity contribution in [2.75, 3.05) is 0 Å². The van der Waals surface area contributed by atoms with E-state index in [0.717, 1.165) is 0 Å². The first-order chi connectivity index (χ1) is 28.6. The molecule has 1 heterocycles. The maximum absolute atomic E-state index is 9.20. The topological polar surface area (TPSA) is 17.8 Å². The van der Waals surface area contributed by atoms with Gasteiger partial charge in [-0.15, -0.1) is 0 Å². The number of nitrogens with zero attached hydrogens (tertiary/aromatic N) is 2. The first kappa shape index (κ1) is 12.8. The summed E-state index contributed by atoms with van der Waals surface area (Å²) < 4.78 is 157. The van der Waals surface area contributed by atoms with Crippen LogP contribution in [0.15, 0.2) is 151 Å². The van der Waals surface area contributed by atoms with Crippen LogP contribution in [0, 0.1) is 0 Å². The van der Waals surface area contributed by atoms with Gasteiger partial charge < -0.3 is 0 Å². The minimum Gasteiger partial charge on any atom is -0.296 e. The molecule has 0 aliphatic carbocycles. The van der Waals surface area contributed by atoms with Crippen LogP contribution in [0.4, 0.5) is 0 Å². The van der Waals surface area contributed by atoms with Gasteiger partial charge in [-0.2, -0.15) is 0 Å². The van der Waals surface area contributed by atoms with E-state index in [1.807, 2.05) is 0 Å². The molecule has 43 heavy (non-hydrogen) atoms. The number of rotatable bonds is 5. The number of imidazole rings is 1. The maximum atomic E-state index is 9.20. The smallest absolute Gasteiger partial charge is 0.114 e. The Bertz CT molecular complexity index is 3080. The molecule has 2 heteroatoms. The predicted molar refractivity (Wildman–Crippen MR) is 182 cm³/mol. The highest BCUT2D eigenvalue weighted by molar-refractivity contribution is 6.21. The molecule has 0 aliphatic rings. The molecule has 0 amide bonds. The van der Waals surface area contributed by atoms with E-state index in [2.05, 4.69) is 4.98 Å². The van der Waals surface area contributed by atoms with Crippen LogP contribution in [0.5, 0.6) is 0 Å². The third-order valence-electron chi connectivity index (χ3n) is 7.43. The third-order valence-corrected chi connectivity index (χ3v) is 7.43. The Morgan fingerprint density at radius 2 is 1.16 bits per heavy atom. The van der Waals surface area contributed by atoms with Crippen LogP contribution >= 0.6 is 0 Å². The first-order valence-corrected chi connectivity index (χ1v) is 13.3. The van der Waals surface area contributed by atoms with Gasteiger partial charge >= 0.3 is 0 Å². The average Bonchev–Trinajstić information content (AvgIpc) is 3.64. The fourth-order valence-electron chi connectivity index (χ4n) is 5.62. The molecule has 7 aromatic carbocycles. The van der Waals surface area contributed by atoms with E-state index in [4.69, 9.17) is 21.9 Å². The summed E-state index contributed by atoms with van der Waals surface area (Å²) in [5.41, 5.74) is 1.51. The van der Waals surface area contributed by atoms with Gasteiger partial charge in [0.15, 0.2) is 0 Å². The summed E-state index contributed by atoms with van der Waals surface area (Å²) in [6.45, 7) is -3.09. The van der Waals surface area contributed by atoms with Crippen LogP contribution < -0.4 is 0 Å². The molecule has 0 radical (unpaired) electrons. The molecule has 8 rings (SSSR count). The van der Waals surface area contributed by atoms with Crippen LogP contribution in [-0.2, 0) is 6.37 Å². The maximum Gasteiger partial charge on any atom is 0.114 e. The van der Waals surface area contributed by atoms with Crippen LogP contribution in [0.3, 0.4) is 0 Å². The van der Waals surface area contributed by atoms with Crippen LogP contribution in [0.25, 0.3) is 71.6 Å². The van der Waals surface area contributed by atoms with Gasteiger partial charge in [0, 0.05) is 18.8 Å². The summed E-state index contributed by atoms with van der Waals surface area (Å²) in [7, 11) is 0. The van der Waals surface area contributed by atoms with E-state index < -0.39 is 97.3 Å². The van der Waals surface area contributed by atoms with Crippen LogP contribution in [0.1, 0.15) is 37.3 Å². The van der Waals surface area contributed by atoms with Gasteiger partial charge in [0.1, 0.15) is 5.82 Å². The Kier molecular flexibility index (Phi) is 3.10. The lowest BCUT2D eigenvalue weighted by atomic mass is 9.85. The molecule has 0 fully saturated rings. The van der Waals surface area contributed by atoms with Gasteiger partial charge in [-0.1, -0.05) is 140 Å². The van der Waals surface area contributed by atoms with Crippen molar-refractivity contribution in [3.8, 4) is 39.1 Å². The van der Waals surface area contributed by atoms with Gasteiger partial charge in [0.05, 0.1) is 34.5 Å². The first-order valence-electron chi connectivity index (χ1n) is 22.3. The molecule has 1 aromatic heterocycles. The van der Waals surface area contributed by atoms with Crippen molar-refractivity contribution in [3.63, 3.8) is 0 Å². The Morgan fingerprint density at radius 1 is 0.605 bits per heavy atom. The van der Waals surface area contributed by atoms with Crippen molar-refractivity contribution in [2.24, 2.45) is 0 Å². The van der Waals surface area contributed by atoms with Crippen molar-refractivity contribution in [1.82, 2.24) is 9.55 Å². The van der Waals surface area contributed by atoms with E-state index in [-0.39, 0.29) is 44.1 Å². The van der Waals surface area contributed by atoms with E-state index in [0.29, 0.717) is 27.8 Å². The lowest BCUT2D eigenvalue weighted by molar-refractivity contribution is 0.909. The number of aryl methyl sites for hydroxylation is 1. The molecule has 0 unspecified atom stereocenters. The minimum absolute atomic E-state index is 0.0336. The lowest BCUT2D eigenvalue weighted by Gasteiger charge is -2.18. The van der Waals surface area contributed by atoms with Crippen molar-refractivity contribution in [1.29, 1.82) is 0 Å². The van der Waals surface area contributed by atoms with Crippen molar-refractivity contribution in [3.05, 3.63) is 157 Å². The summed E-state index contributed by atoms with van der Waals surface area (Å²) in [6, 6.07) is 10.9. The van der Waals surface area contributed by atoms with Gasteiger partial charge in [-0.3, -0.25) is 4.57 Å². The normalized spacial score (nSPS) is 18.0. The summed E-state index contributed by atoms with van der Waals surface area (Å²) in [4.78, 5) is 4.44. The Balaban J connectivity index is 1.47.